The number of carboxylic acids is 1. The van der Waals surface area contributed by atoms with E-state index in [9.17, 15) is 23.1 Å². The molecule has 2 atom stereocenters. The highest BCUT2D eigenvalue weighted by Gasteiger charge is 2.28. The van der Waals surface area contributed by atoms with Gasteiger partial charge in [-0.2, -0.15) is 0 Å². The lowest BCUT2D eigenvalue weighted by atomic mass is 10.0. The summed E-state index contributed by atoms with van der Waals surface area (Å²) in [4.78, 5) is 29.2. The van der Waals surface area contributed by atoms with Gasteiger partial charge in [0.25, 0.3) is 10.0 Å². The van der Waals surface area contributed by atoms with Crippen LogP contribution in [0.25, 0.3) is 11.1 Å². The smallest absolute Gasteiger partial charge is 0.328 e. The van der Waals surface area contributed by atoms with Crippen LogP contribution in [0.2, 0.25) is 0 Å². The van der Waals surface area contributed by atoms with E-state index in [0.29, 0.717) is 28.4 Å². The maximum atomic E-state index is 13.2. The fourth-order valence-electron chi connectivity index (χ4n) is 4.77. The molecule has 0 saturated carbocycles. The second-order valence-corrected chi connectivity index (χ2v) is 12.7. The van der Waals surface area contributed by atoms with Crippen molar-refractivity contribution in [3.8, 4) is 11.1 Å². The van der Waals surface area contributed by atoms with E-state index in [1.54, 1.807) is 25.1 Å². The van der Waals surface area contributed by atoms with Gasteiger partial charge in [-0.25, -0.2) is 22.9 Å². The van der Waals surface area contributed by atoms with E-state index in [1.165, 1.54) is 17.8 Å². The monoisotopic (exact) mass is 620 g/mol. The van der Waals surface area contributed by atoms with Crippen molar-refractivity contribution in [3.05, 3.63) is 102 Å². The Morgan fingerprint density at radius 2 is 1.60 bits per heavy atom. The minimum atomic E-state index is -4.18. The molecule has 0 aliphatic carbocycles. The van der Waals surface area contributed by atoms with Crippen LogP contribution < -0.4 is 10.0 Å². The zero-order chi connectivity index (χ0) is 31.1. The number of nitrogens with zero attached hydrogens (tertiary/aromatic N) is 2. The van der Waals surface area contributed by atoms with Crippen LogP contribution in [0.4, 0.5) is 4.79 Å². The largest absolute Gasteiger partial charge is 0.481 e. The van der Waals surface area contributed by atoms with E-state index < -0.39 is 27.9 Å². The Kier molecular flexibility index (Phi) is 10.3. The molecule has 0 aliphatic rings. The molecule has 0 aliphatic heterocycles. The number of hydrogen-bond donors (Lipinski definition) is 3. The van der Waals surface area contributed by atoms with Gasteiger partial charge in [-0.05, 0) is 42.4 Å². The molecule has 1 heterocycles. The Balaban J connectivity index is 1.59. The van der Waals surface area contributed by atoms with Gasteiger partial charge in [0.2, 0.25) is 0 Å². The van der Waals surface area contributed by atoms with Gasteiger partial charge in [-0.1, -0.05) is 86.6 Å². The third-order valence-electron chi connectivity index (χ3n) is 7.33. The first-order valence-electron chi connectivity index (χ1n) is 14.0. The Morgan fingerprint density at radius 1 is 0.953 bits per heavy atom. The molecule has 0 fully saturated rings. The van der Waals surface area contributed by atoms with Crippen LogP contribution in [-0.4, -0.2) is 41.3 Å². The van der Waals surface area contributed by atoms with Gasteiger partial charge in [0.1, 0.15) is 10.9 Å². The molecule has 11 heteroatoms. The van der Waals surface area contributed by atoms with Gasteiger partial charge < -0.3 is 15.0 Å². The number of carboxylic acid groups (broad SMARTS) is 1. The summed E-state index contributed by atoms with van der Waals surface area (Å²) >= 11 is 1.44. The summed E-state index contributed by atoms with van der Waals surface area (Å²) < 4.78 is 30.6. The van der Waals surface area contributed by atoms with E-state index in [1.807, 2.05) is 65.4 Å². The molecule has 0 saturated heterocycles. The standard InChI is InChI=1S/C32H36N4O5S2/c1-5-21(2)29-34-30(42-4)28(22(3)31(37)38)36(29)20-24-15-17-25(18-16-24)26-13-9-10-14-27(26)43(40,41)35-32(39)33-19-23-11-7-6-8-12-23/h6-18,21-22H,5,19-20H2,1-4H3,(H,37,38)(H2,33,35,39). The molecule has 1 aromatic heterocycles. The number of nitrogens with one attached hydrogen (secondary N) is 2. The Morgan fingerprint density at radius 3 is 2.23 bits per heavy atom. The van der Waals surface area contributed by atoms with Crippen molar-refractivity contribution < 1.29 is 23.1 Å². The molecule has 9 nitrogen and oxygen atoms in total. The van der Waals surface area contributed by atoms with Crippen LogP contribution in [0.1, 0.15) is 61.7 Å². The number of urea groups is 1. The van der Waals surface area contributed by atoms with Crippen molar-refractivity contribution in [2.24, 2.45) is 0 Å². The van der Waals surface area contributed by atoms with Crippen molar-refractivity contribution in [1.82, 2.24) is 19.6 Å². The van der Waals surface area contributed by atoms with Crippen molar-refractivity contribution in [2.45, 2.75) is 62.0 Å². The van der Waals surface area contributed by atoms with E-state index in [2.05, 4.69) is 23.9 Å². The van der Waals surface area contributed by atoms with Gasteiger partial charge in [0, 0.05) is 24.6 Å². The molecule has 226 valence electrons. The molecule has 2 amide bonds. The summed E-state index contributed by atoms with van der Waals surface area (Å²) in [7, 11) is -4.18. The number of hydrogen-bond acceptors (Lipinski definition) is 6. The second kappa shape index (κ2) is 13.9. The lowest BCUT2D eigenvalue weighted by molar-refractivity contribution is -0.138. The van der Waals surface area contributed by atoms with Gasteiger partial charge in [0.05, 0.1) is 16.5 Å². The zero-order valence-electron chi connectivity index (χ0n) is 24.6. The minimum Gasteiger partial charge on any atom is -0.481 e. The van der Waals surface area contributed by atoms with Gasteiger partial charge >= 0.3 is 12.0 Å². The van der Waals surface area contributed by atoms with Crippen molar-refractivity contribution in [3.63, 3.8) is 0 Å². The topological polar surface area (TPSA) is 130 Å². The highest BCUT2D eigenvalue weighted by atomic mass is 32.2. The molecule has 0 bridgehead atoms. The number of amides is 2. The predicted molar refractivity (Wildman–Crippen MR) is 169 cm³/mol. The summed E-state index contributed by atoms with van der Waals surface area (Å²) in [5.41, 5.74) is 3.54. The molecule has 3 N–H and O–H groups in total. The SMILES string of the molecule is CCC(C)c1nc(SC)c(C(C)C(=O)O)n1Cc1ccc(-c2ccccc2S(=O)(=O)NC(=O)NCc2ccccc2)cc1. The lowest BCUT2D eigenvalue weighted by Crippen LogP contribution is -2.39. The number of imidazole rings is 1. The first-order chi connectivity index (χ1) is 20.6. The van der Waals surface area contributed by atoms with Gasteiger partial charge in [-0.15, -0.1) is 11.8 Å². The van der Waals surface area contributed by atoms with E-state index in [0.717, 1.165) is 23.4 Å². The quantitative estimate of drug-likeness (QED) is 0.161. The summed E-state index contributed by atoms with van der Waals surface area (Å²) in [5.74, 6) is -0.675. The van der Waals surface area contributed by atoms with Crippen molar-refractivity contribution in [2.75, 3.05) is 6.26 Å². The first kappa shape index (κ1) is 31.8. The van der Waals surface area contributed by atoms with E-state index in [-0.39, 0.29) is 17.4 Å². The van der Waals surface area contributed by atoms with Crippen LogP contribution in [-0.2, 0) is 27.9 Å². The Labute approximate surface area is 256 Å². The minimum absolute atomic E-state index is 0.0199. The maximum Gasteiger partial charge on any atom is 0.328 e. The summed E-state index contributed by atoms with van der Waals surface area (Å²) in [6, 6.07) is 22.3. The number of carbonyl (C=O) groups is 2. The lowest BCUT2D eigenvalue weighted by Gasteiger charge is -2.18. The molecule has 4 rings (SSSR count). The summed E-state index contributed by atoms with van der Waals surface area (Å²) in [5, 5.41) is 13.1. The molecule has 2 unspecified atom stereocenters. The number of thioether (sulfide) groups is 1. The van der Waals surface area contributed by atoms with Gasteiger partial charge in [-0.3, -0.25) is 4.79 Å². The van der Waals surface area contributed by atoms with Crippen LogP contribution in [0.3, 0.4) is 0 Å². The fraction of sp³-hybridized carbons (Fsp3) is 0.281. The number of aliphatic carboxylic acids is 1. The molecule has 4 aromatic rings. The molecule has 0 radical (unpaired) electrons. The van der Waals surface area contributed by atoms with E-state index in [4.69, 9.17) is 4.98 Å². The van der Waals surface area contributed by atoms with Crippen LogP contribution in [0, 0.1) is 0 Å². The van der Waals surface area contributed by atoms with Gasteiger partial charge in [0.15, 0.2) is 0 Å². The normalized spacial score (nSPS) is 12.8. The zero-order valence-corrected chi connectivity index (χ0v) is 26.2. The van der Waals surface area contributed by atoms with Crippen LogP contribution >= 0.6 is 11.8 Å². The predicted octanol–water partition coefficient (Wildman–Crippen LogP) is 6.21. The van der Waals surface area contributed by atoms with E-state index >= 15 is 0 Å². The number of carbonyl (C=O) groups excluding carboxylic acids is 1. The molecule has 3 aromatic carbocycles. The molecular weight excluding hydrogens is 585 g/mol. The number of aromatic nitrogens is 2. The summed E-state index contributed by atoms with van der Waals surface area (Å²) in [6.45, 7) is 6.43. The van der Waals surface area contributed by atoms with Crippen molar-refractivity contribution in [1.29, 1.82) is 0 Å². The highest BCUT2D eigenvalue weighted by Crippen LogP contribution is 2.33. The maximum absolute atomic E-state index is 13.2. The highest BCUT2D eigenvalue weighted by molar-refractivity contribution is 7.98. The van der Waals surface area contributed by atoms with Crippen LogP contribution in [0.15, 0.2) is 88.8 Å². The Bertz CT molecular complexity index is 1690. The van der Waals surface area contributed by atoms with Crippen LogP contribution in [0.5, 0.6) is 0 Å². The number of benzene rings is 3. The number of rotatable bonds is 12. The average molecular weight is 621 g/mol. The average Bonchev–Trinajstić information content (AvgIpc) is 3.37. The third kappa shape index (κ3) is 7.47. The fourth-order valence-corrected chi connectivity index (χ4v) is 6.61. The molecular formula is C32H36N4O5S2. The second-order valence-electron chi connectivity index (χ2n) is 10.3. The third-order valence-corrected chi connectivity index (χ3v) is 9.41. The summed E-state index contributed by atoms with van der Waals surface area (Å²) in [6.07, 6.45) is 2.75. The van der Waals surface area contributed by atoms with Crippen molar-refractivity contribution >= 4 is 33.8 Å². The first-order valence-corrected chi connectivity index (χ1v) is 16.7. The molecule has 43 heavy (non-hydrogen) atoms. The number of sulfonamides is 1. The molecule has 0 spiro atoms. The Hall–Kier alpha value is -4.09.